The Hall–Kier alpha value is -3.52. The molecule has 0 aliphatic carbocycles. The van der Waals surface area contributed by atoms with E-state index in [0.717, 1.165) is 32.7 Å². The highest BCUT2D eigenvalue weighted by molar-refractivity contribution is 6.16. The van der Waals surface area contributed by atoms with Crippen LogP contribution in [0.2, 0.25) is 0 Å². The largest absolute Gasteiger partial charge is 0.573 e. The summed E-state index contributed by atoms with van der Waals surface area (Å²) < 4.78 is 41.2. The maximum atomic E-state index is 12.4. The van der Waals surface area contributed by atoms with Crippen molar-refractivity contribution < 1.29 is 17.9 Å². The summed E-state index contributed by atoms with van der Waals surface area (Å²) in [4.78, 5) is 0. The van der Waals surface area contributed by atoms with E-state index in [1.165, 1.54) is 12.1 Å². The first-order chi connectivity index (χ1) is 13.0. The van der Waals surface area contributed by atoms with Gasteiger partial charge in [0.2, 0.25) is 0 Å². The van der Waals surface area contributed by atoms with Gasteiger partial charge < -0.3 is 4.74 Å². The first-order valence-electron chi connectivity index (χ1n) is 8.17. The van der Waals surface area contributed by atoms with E-state index in [-0.39, 0.29) is 5.75 Å². The molecular weight excluding hydrogens is 351 g/mol. The predicted octanol–water partition coefficient (Wildman–Crippen LogP) is 6.43. The third kappa shape index (κ3) is 3.06. The van der Waals surface area contributed by atoms with Crippen molar-refractivity contribution in [1.82, 2.24) is 0 Å². The maximum absolute atomic E-state index is 12.4. The Morgan fingerprint density at radius 2 is 1.19 bits per heavy atom. The second kappa shape index (κ2) is 6.33. The Labute approximate surface area is 153 Å². The Morgan fingerprint density at radius 3 is 1.63 bits per heavy atom. The topological polar surface area (TPSA) is 33.0 Å². The van der Waals surface area contributed by atoms with Crippen molar-refractivity contribution in [1.29, 1.82) is 5.26 Å². The zero-order valence-corrected chi connectivity index (χ0v) is 13.9. The van der Waals surface area contributed by atoms with Crippen LogP contribution in [0.15, 0.2) is 72.8 Å². The third-order valence-corrected chi connectivity index (χ3v) is 4.42. The average molecular weight is 363 g/mol. The van der Waals surface area contributed by atoms with Gasteiger partial charge in [-0.25, -0.2) is 0 Å². The Balaban J connectivity index is 2.00. The Bertz CT molecular complexity index is 1130. The molecule has 2 nitrogen and oxygen atoms in total. The van der Waals surface area contributed by atoms with Gasteiger partial charge in [-0.05, 0) is 34.0 Å². The zero-order valence-electron chi connectivity index (χ0n) is 13.9. The van der Waals surface area contributed by atoms with Crippen LogP contribution < -0.4 is 4.74 Å². The fourth-order valence-electron chi connectivity index (χ4n) is 3.38. The summed E-state index contributed by atoms with van der Waals surface area (Å²) >= 11 is 0. The van der Waals surface area contributed by atoms with Crippen molar-refractivity contribution >= 4 is 21.5 Å². The van der Waals surface area contributed by atoms with Gasteiger partial charge >= 0.3 is 6.36 Å². The molecule has 4 aromatic carbocycles. The highest BCUT2D eigenvalue weighted by Gasteiger charge is 2.31. The van der Waals surface area contributed by atoms with E-state index in [1.807, 2.05) is 48.5 Å². The quantitative estimate of drug-likeness (QED) is 0.385. The van der Waals surface area contributed by atoms with Crippen LogP contribution in [0.25, 0.3) is 32.7 Å². The molecule has 0 fully saturated rings. The standard InChI is InChI=1S/C22H12F3NO/c23-22(24,25)27-15-11-9-14(10-12-15)21-18-7-3-1-5-16(18)20(13-26)17-6-2-4-8-19(17)21/h1-12H. The molecule has 0 saturated heterocycles. The summed E-state index contributed by atoms with van der Waals surface area (Å²) in [7, 11) is 0. The minimum absolute atomic E-state index is 0.270. The van der Waals surface area contributed by atoms with Crippen LogP contribution in [-0.4, -0.2) is 6.36 Å². The van der Waals surface area contributed by atoms with Crippen LogP contribution >= 0.6 is 0 Å². The second-order valence-electron chi connectivity index (χ2n) is 6.03. The van der Waals surface area contributed by atoms with Gasteiger partial charge in [-0.3, -0.25) is 0 Å². The molecule has 0 saturated carbocycles. The monoisotopic (exact) mass is 363 g/mol. The van der Waals surface area contributed by atoms with Gasteiger partial charge in [0.1, 0.15) is 11.8 Å². The number of ether oxygens (including phenoxy) is 1. The van der Waals surface area contributed by atoms with E-state index < -0.39 is 6.36 Å². The number of hydrogen-bond acceptors (Lipinski definition) is 2. The van der Waals surface area contributed by atoms with Crippen molar-refractivity contribution in [3.8, 4) is 22.9 Å². The molecule has 132 valence electrons. The first-order valence-corrected chi connectivity index (χ1v) is 8.17. The number of benzene rings is 4. The smallest absolute Gasteiger partial charge is 0.406 e. The summed E-state index contributed by atoms with van der Waals surface area (Å²) in [5.74, 6) is -0.270. The Kier molecular flexibility index (Phi) is 3.97. The number of hydrogen-bond donors (Lipinski definition) is 0. The minimum atomic E-state index is -4.73. The fraction of sp³-hybridized carbons (Fsp3) is 0.0455. The molecule has 0 bridgehead atoms. The zero-order chi connectivity index (χ0) is 19.0. The van der Waals surface area contributed by atoms with Gasteiger partial charge in [-0.1, -0.05) is 60.7 Å². The van der Waals surface area contributed by atoms with Crippen molar-refractivity contribution in [2.24, 2.45) is 0 Å². The van der Waals surface area contributed by atoms with Crippen molar-refractivity contribution in [2.45, 2.75) is 6.36 Å². The van der Waals surface area contributed by atoms with Gasteiger partial charge in [0.15, 0.2) is 0 Å². The molecule has 0 aliphatic rings. The second-order valence-corrected chi connectivity index (χ2v) is 6.03. The molecule has 0 N–H and O–H groups in total. The lowest BCUT2D eigenvalue weighted by Crippen LogP contribution is -2.16. The van der Waals surface area contributed by atoms with Crippen molar-refractivity contribution in [3.05, 3.63) is 78.4 Å². The molecule has 0 amide bonds. The van der Waals surface area contributed by atoms with Gasteiger partial charge in [0, 0.05) is 10.8 Å². The van der Waals surface area contributed by atoms with Crippen LogP contribution in [0.3, 0.4) is 0 Å². The number of nitrogens with zero attached hydrogens (tertiary/aromatic N) is 1. The summed E-state index contributed by atoms with van der Waals surface area (Å²) in [5.41, 5.74) is 2.21. The summed E-state index contributed by atoms with van der Waals surface area (Å²) in [6.07, 6.45) is -4.73. The summed E-state index contributed by atoms with van der Waals surface area (Å²) in [6.45, 7) is 0. The van der Waals surface area contributed by atoms with E-state index in [2.05, 4.69) is 10.8 Å². The van der Waals surface area contributed by atoms with Gasteiger partial charge in [-0.15, -0.1) is 13.2 Å². The lowest BCUT2D eigenvalue weighted by Gasteiger charge is -2.15. The molecule has 5 heteroatoms. The maximum Gasteiger partial charge on any atom is 0.573 e. The van der Waals surface area contributed by atoms with E-state index >= 15 is 0 Å². The molecule has 27 heavy (non-hydrogen) atoms. The van der Waals surface area contributed by atoms with Crippen molar-refractivity contribution in [2.75, 3.05) is 0 Å². The molecule has 0 aromatic heterocycles. The molecular formula is C22H12F3NO. The van der Waals surface area contributed by atoms with Crippen LogP contribution in [0.5, 0.6) is 5.75 Å². The van der Waals surface area contributed by atoms with Gasteiger partial charge in [0.25, 0.3) is 0 Å². The summed E-state index contributed by atoms with van der Waals surface area (Å²) in [5, 5.41) is 13.0. The average Bonchev–Trinajstić information content (AvgIpc) is 2.65. The lowest BCUT2D eigenvalue weighted by atomic mass is 9.89. The first kappa shape index (κ1) is 16.9. The molecule has 0 aliphatic heterocycles. The van der Waals surface area contributed by atoms with Gasteiger partial charge in [-0.2, -0.15) is 5.26 Å². The van der Waals surface area contributed by atoms with E-state index in [0.29, 0.717) is 5.56 Å². The highest BCUT2D eigenvalue weighted by Crippen LogP contribution is 2.39. The fourth-order valence-corrected chi connectivity index (χ4v) is 3.38. The third-order valence-electron chi connectivity index (χ3n) is 4.42. The lowest BCUT2D eigenvalue weighted by molar-refractivity contribution is -0.274. The molecule has 4 aromatic rings. The molecule has 0 radical (unpaired) electrons. The molecule has 0 heterocycles. The van der Waals surface area contributed by atoms with E-state index in [4.69, 9.17) is 0 Å². The van der Waals surface area contributed by atoms with Crippen LogP contribution in [0.4, 0.5) is 13.2 Å². The summed E-state index contributed by atoms with van der Waals surface area (Å²) in [6, 6.07) is 23.1. The number of alkyl halides is 3. The minimum Gasteiger partial charge on any atom is -0.406 e. The highest BCUT2D eigenvalue weighted by atomic mass is 19.4. The number of nitriles is 1. The van der Waals surface area contributed by atoms with Gasteiger partial charge in [0.05, 0.1) is 5.56 Å². The molecule has 0 unspecified atom stereocenters. The van der Waals surface area contributed by atoms with E-state index in [9.17, 15) is 18.4 Å². The number of rotatable bonds is 2. The number of fused-ring (bicyclic) bond motifs is 2. The van der Waals surface area contributed by atoms with Crippen molar-refractivity contribution in [3.63, 3.8) is 0 Å². The number of halogens is 3. The van der Waals surface area contributed by atoms with Crippen LogP contribution in [-0.2, 0) is 0 Å². The molecule has 0 atom stereocenters. The SMILES string of the molecule is N#Cc1c2ccccc2c(-c2ccc(OC(F)(F)F)cc2)c2ccccc12. The molecule has 4 rings (SSSR count). The van der Waals surface area contributed by atoms with E-state index in [1.54, 1.807) is 12.1 Å². The van der Waals surface area contributed by atoms with Crippen LogP contribution in [0, 0.1) is 11.3 Å². The normalized spacial score (nSPS) is 11.5. The Morgan fingerprint density at radius 1 is 0.704 bits per heavy atom. The molecule has 0 spiro atoms. The predicted molar refractivity (Wildman–Crippen MR) is 98.3 cm³/mol. The van der Waals surface area contributed by atoms with Crippen LogP contribution in [0.1, 0.15) is 5.56 Å².